The van der Waals surface area contributed by atoms with Crippen molar-refractivity contribution in [1.82, 2.24) is 4.37 Å². The number of aromatic nitrogens is 1. The lowest BCUT2D eigenvalue weighted by Crippen LogP contribution is -2.16. The SMILES string of the molecule is COc1cc(-c2cc3sc(-c4snc(C)c4NC(=O)O[C@H](C)c4ccccc4)cc3s2)c(OC)cc1CC(=O)O. The van der Waals surface area contributed by atoms with E-state index in [0.29, 0.717) is 22.7 Å². The number of carboxylic acid groups (broad SMARTS) is 1. The number of nitrogens with zero attached hydrogens (tertiary/aromatic N) is 1. The first kappa shape index (κ1) is 27.6. The number of rotatable bonds is 9. The molecule has 0 spiro atoms. The number of anilines is 1. The van der Waals surface area contributed by atoms with Gasteiger partial charge in [-0.05, 0) is 55.2 Å². The fourth-order valence-corrected chi connectivity index (χ4v) is 7.66. The third kappa shape index (κ3) is 5.67. The molecule has 2 aromatic carbocycles. The van der Waals surface area contributed by atoms with Crippen LogP contribution >= 0.6 is 34.2 Å². The van der Waals surface area contributed by atoms with E-state index in [0.717, 1.165) is 40.9 Å². The maximum atomic E-state index is 12.7. The minimum absolute atomic E-state index is 0.161. The van der Waals surface area contributed by atoms with Crippen molar-refractivity contribution in [1.29, 1.82) is 0 Å². The standard InChI is InChI=1S/C29H26N2O6S3/c1-15-27(30-29(34)37-16(2)17-8-6-5-7-9-17)28(40-31-15)25-14-24-23(39-25)13-22(38-24)19-12-20(35-3)18(11-26(32)33)10-21(19)36-4/h5-10,12-14,16H,11H2,1-4H3,(H,30,34)(H,32,33)/t16-/m1/s1. The molecule has 0 bridgehead atoms. The fourth-order valence-electron chi connectivity index (χ4n) is 4.30. The molecule has 0 unspecified atom stereocenters. The molecule has 8 nitrogen and oxygen atoms in total. The van der Waals surface area contributed by atoms with Crippen LogP contribution in [0.2, 0.25) is 0 Å². The molecule has 1 atom stereocenters. The predicted molar refractivity (Wildman–Crippen MR) is 160 cm³/mol. The van der Waals surface area contributed by atoms with Gasteiger partial charge in [0.1, 0.15) is 17.6 Å². The number of carboxylic acids is 1. The Morgan fingerprint density at radius 3 is 2.33 bits per heavy atom. The predicted octanol–water partition coefficient (Wildman–Crippen LogP) is 8.02. The molecular formula is C29H26N2O6S3. The number of nitrogens with one attached hydrogen (secondary N) is 1. The molecule has 3 heterocycles. The number of hydrogen-bond acceptors (Lipinski definition) is 9. The maximum absolute atomic E-state index is 12.7. The Kier molecular flexibility index (Phi) is 8.06. The smallest absolute Gasteiger partial charge is 0.412 e. The summed E-state index contributed by atoms with van der Waals surface area (Å²) < 4.78 is 23.3. The third-order valence-corrected chi connectivity index (χ3v) is 9.73. The van der Waals surface area contributed by atoms with Gasteiger partial charge in [-0.2, -0.15) is 4.37 Å². The lowest BCUT2D eigenvalue weighted by atomic mass is 10.0. The topological polar surface area (TPSA) is 107 Å². The Balaban J connectivity index is 1.40. The van der Waals surface area contributed by atoms with E-state index in [-0.39, 0.29) is 6.42 Å². The molecule has 0 radical (unpaired) electrons. The van der Waals surface area contributed by atoms with Crippen LogP contribution in [0.4, 0.5) is 10.5 Å². The van der Waals surface area contributed by atoms with E-state index in [1.165, 1.54) is 18.6 Å². The van der Waals surface area contributed by atoms with Crippen LogP contribution in [-0.4, -0.2) is 35.8 Å². The Morgan fingerprint density at radius 1 is 0.975 bits per heavy atom. The molecule has 0 aliphatic heterocycles. The minimum Gasteiger partial charge on any atom is -0.496 e. The van der Waals surface area contributed by atoms with E-state index >= 15 is 0 Å². The largest absolute Gasteiger partial charge is 0.496 e. The van der Waals surface area contributed by atoms with E-state index in [4.69, 9.17) is 14.2 Å². The number of ether oxygens (including phenoxy) is 3. The van der Waals surface area contributed by atoms with Gasteiger partial charge in [0.15, 0.2) is 0 Å². The van der Waals surface area contributed by atoms with Gasteiger partial charge in [-0.3, -0.25) is 10.1 Å². The monoisotopic (exact) mass is 594 g/mol. The van der Waals surface area contributed by atoms with Gasteiger partial charge >= 0.3 is 12.1 Å². The van der Waals surface area contributed by atoms with E-state index < -0.39 is 18.2 Å². The molecule has 0 aliphatic carbocycles. The number of amides is 1. The van der Waals surface area contributed by atoms with Crippen LogP contribution in [0, 0.1) is 6.92 Å². The van der Waals surface area contributed by atoms with Gasteiger partial charge in [-0.15, -0.1) is 22.7 Å². The van der Waals surface area contributed by atoms with Gasteiger partial charge in [0, 0.05) is 25.4 Å². The number of hydrogen-bond donors (Lipinski definition) is 2. The molecule has 5 rings (SSSR count). The highest BCUT2D eigenvalue weighted by Crippen LogP contribution is 2.47. The van der Waals surface area contributed by atoms with Crippen molar-refractivity contribution in [3.05, 3.63) is 71.4 Å². The summed E-state index contributed by atoms with van der Waals surface area (Å²) in [6.07, 6.45) is -1.09. The summed E-state index contributed by atoms with van der Waals surface area (Å²) >= 11 is 4.54. The molecule has 1 amide bonds. The Hall–Kier alpha value is -3.93. The molecule has 5 aromatic rings. The first-order chi connectivity index (χ1) is 19.3. The lowest BCUT2D eigenvalue weighted by Gasteiger charge is -2.14. The number of carbonyl (C=O) groups is 2. The van der Waals surface area contributed by atoms with Crippen molar-refractivity contribution in [2.75, 3.05) is 19.5 Å². The molecule has 0 saturated heterocycles. The summed E-state index contributed by atoms with van der Waals surface area (Å²) in [5.74, 6) is 0.141. The van der Waals surface area contributed by atoms with Gasteiger partial charge in [0.2, 0.25) is 0 Å². The van der Waals surface area contributed by atoms with Gasteiger partial charge in [-0.1, -0.05) is 30.3 Å². The van der Waals surface area contributed by atoms with Crippen LogP contribution < -0.4 is 14.8 Å². The zero-order valence-electron chi connectivity index (χ0n) is 22.1. The van der Waals surface area contributed by atoms with Crippen LogP contribution in [0.25, 0.3) is 29.6 Å². The molecule has 206 valence electrons. The van der Waals surface area contributed by atoms with Crippen molar-refractivity contribution < 1.29 is 28.9 Å². The molecule has 0 saturated carbocycles. The van der Waals surface area contributed by atoms with Gasteiger partial charge in [0.05, 0.1) is 41.8 Å². The molecule has 2 N–H and O–H groups in total. The van der Waals surface area contributed by atoms with Crippen molar-refractivity contribution in [2.45, 2.75) is 26.4 Å². The van der Waals surface area contributed by atoms with Crippen molar-refractivity contribution in [2.24, 2.45) is 0 Å². The van der Waals surface area contributed by atoms with Crippen LogP contribution in [0.15, 0.2) is 54.6 Å². The number of thiophene rings is 2. The molecule has 0 fully saturated rings. The zero-order valence-corrected chi connectivity index (χ0v) is 24.6. The Labute approximate surface area is 242 Å². The second-order valence-corrected chi connectivity index (χ2v) is 11.9. The average molecular weight is 595 g/mol. The number of fused-ring (bicyclic) bond motifs is 1. The van der Waals surface area contributed by atoms with Gasteiger partial charge in [0.25, 0.3) is 0 Å². The van der Waals surface area contributed by atoms with Gasteiger partial charge < -0.3 is 19.3 Å². The summed E-state index contributed by atoms with van der Waals surface area (Å²) in [7, 11) is 3.09. The highest BCUT2D eigenvalue weighted by Gasteiger charge is 2.22. The Morgan fingerprint density at radius 2 is 1.65 bits per heavy atom. The number of methoxy groups -OCH3 is 2. The van der Waals surface area contributed by atoms with Crippen molar-refractivity contribution >= 4 is 61.4 Å². The molecule has 3 aromatic heterocycles. The van der Waals surface area contributed by atoms with Gasteiger partial charge in [-0.25, -0.2) is 4.79 Å². The van der Waals surface area contributed by atoms with E-state index in [1.807, 2.05) is 50.2 Å². The van der Waals surface area contributed by atoms with E-state index in [9.17, 15) is 14.7 Å². The second kappa shape index (κ2) is 11.7. The summed E-state index contributed by atoms with van der Waals surface area (Å²) in [6, 6.07) is 17.3. The molecule has 40 heavy (non-hydrogen) atoms. The Bertz CT molecular complexity index is 1660. The molecule has 0 aliphatic rings. The average Bonchev–Trinajstić information content (AvgIpc) is 3.62. The lowest BCUT2D eigenvalue weighted by molar-refractivity contribution is -0.136. The van der Waals surface area contributed by atoms with Crippen LogP contribution in [-0.2, 0) is 16.0 Å². The first-order valence-corrected chi connectivity index (χ1v) is 14.7. The van der Waals surface area contributed by atoms with Crippen molar-refractivity contribution in [3.63, 3.8) is 0 Å². The summed E-state index contributed by atoms with van der Waals surface area (Å²) in [6.45, 7) is 3.70. The van der Waals surface area contributed by atoms with Crippen LogP contribution in [0.1, 0.15) is 29.8 Å². The number of carbonyl (C=O) groups excluding carboxylic acids is 1. The maximum Gasteiger partial charge on any atom is 0.412 e. The summed E-state index contributed by atoms with van der Waals surface area (Å²) in [4.78, 5) is 26.9. The van der Waals surface area contributed by atoms with E-state index in [1.54, 1.807) is 35.8 Å². The third-order valence-electron chi connectivity index (χ3n) is 6.28. The summed E-state index contributed by atoms with van der Waals surface area (Å²) in [5, 5.41) is 12.2. The number of aryl methyl sites for hydroxylation is 1. The van der Waals surface area contributed by atoms with Crippen molar-refractivity contribution in [3.8, 4) is 31.7 Å². The number of aliphatic carboxylic acids is 1. The molecule has 11 heteroatoms. The summed E-state index contributed by atoms with van der Waals surface area (Å²) in [5.41, 5.74) is 3.66. The van der Waals surface area contributed by atoms with E-state index in [2.05, 4.69) is 21.8 Å². The van der Waals surface area contributed by atoms with Crippen LogP contribution in [0.3, 0.4) is 0 Å². The minimum atomic E-state index is -0.941. The van der Waals surface area contributed by atoms with Crippen LogP contribution in [0.5, 0.6) is 11.5 Å². The normalized spacial score (nSPS) is 11.8. The number of benzene rings is 2. The quantitative estimate of drug-likeness (QED) is 0.178. The fraction of sp³-hybridized carbons (Fsp3) is 0.207. The first-order valence-electron chi connectivity index (χ1n) is 12.3. The zero-order chi connectivity index (χ0) is 28.4. The highest BCUT2D eigenvalue weighted by molar-refractivity contribution is 7.32. The highest BCUT2D eigenvalue weighted by atomic mass is 32.1. The second-order valence-electron chi connectivity index (χ2n) is 8.94. The molecular weight excluding hydrogens is 569 g/mol.